The first-order valence-corrected chi connectivity index (χ1v) is 10.6. The highest BCUT2D eigenvalue weighted by Crippen LogP contribution is 2.32. The number of benzene rings is 1. The third kappa shape index (κ3) is 4.49. The number of hydrogen-bond acceptors (Lipinski definition) is 4. The van der Waals surface area contributed by atoms with Crippen molar-refractivity contribution < 1.29 is 9.59 Å². The number of nitrogens with zero attached hydrogens (tertiary/aromatic N) is 4. The summed E-state index contributed by atoms with van der Waals surface area (Å²) in [5.41, 5.74) is 1.02. The number of carbonyl (C=O) groups excluding carboxylic acids is 2. The van der Waals surface area contributed by atoms with Crippen LogP contribution < -0.4 is 0 Å². The van der Waals surface area contributed by atoms with E-state index in [1.165, 1.54) is 0 Å². The first-order valence-electron chi connectivity index (χ1n) is 10.6. The van der Waals surface area contributed by atoms with Gasteiger partial charge in [0.25, 0.3) is 0 Å². The molecule has 2 fully saturated rings. The molecule has 0 spiro atoms. The molecule has 0 aliphatic carbocycles. The van der Waals surface area contributed by atoms with Gasteiger partial charge in [0.15, 0.2) is 5.82 Å². The molecule has 1 N–H and O–H groups in total. The van der Waals surface area contributed by atoms with Crippen LogP contribution in [0, 0.1) is 12.8 Å². The summed E-state index contributed by atoms with van der Waals surface area (Å²) in [7, 11) is 0. The van der Waals surface area contributed by atoms with Crippen molar-refractivity contribution >= 4 is 11.8 Å². The Morgan fingerprint density at radius 1 is 1.10 bits per heavy atom. The Hall–Kier alpha value is -2.70. The molecule has 0 saturated carbocycles. The number of rotatable bonds is 4. The van der Waals surface area contributed by atoms with Gasteiger partial charge in [-0.25, -0.2) is 4.98 Å². The Kier molecular flexibility index (Phi) is 5.92. The predicted molar refractivity (Wildman–Crippen MR) is 109 cm³/mol. The van der Waals surface area contributed by atoms with Crippen LogP contribution in [0.4, 0.5) is 0 Å². The molecule has 7 heteroatoms. The molecule has 0 radical (unpaired) electrons. The second-order valence-electron chi connectivity index (χ2n) is 8.16. The lowest BCUT2D eigenvalue weighted by atomic mass is 9.93. The fourth-order valence-corrected chi connectivity index (χ4v) is 4.49. The predicted octanol–water partition coefficient (Wildman–Crippen LogP) is 2.65. The number of aromatic amines is 1. The molecule has 1 aromatic heterocycles. The molecule has 2 saturated heterocycles. The zero-order valence-corrected chi connectivity index (χ0v) is 17.0. The quantitative estimate of drug-likeness (QED) is 0.863. The van der Waals surface area contributed by atoms with E-state index in [1.54, 1.807) is 0 Å². The first kappa shape index (κ1) is 19.6. The number of likely N-dealkylation sites (tertiary alicyclic amines) is 2. The third-order valence-electron chi connectivity index (χ3n) is 6.02. The number of carbonyl (C=O) groups is 2. The Labute approximate surface area is 171 Å². The van der Waals surface area contributed by atoms with E-state index in [9.17, 15) is 9.59 Å². The molecule has 1 aromatic carbocycles. The van der Waals surface area contributed by atoms with Crippen LogP contribution in [-0.4, -0.2) is 56.4 Å². The van der Waals surface area contributed by atoms with Crippen molar-refractivity contribution in [2.45, 2.75) is 51.5 Å². The number of aryl methyl sites for hydroxylation is 1. The summed E-state index contributed by atoms with van der Waals surface area (Å²) >= 11 is 0. The largest absolute Gasteiger partial charge is 0.342 e. The lowest BCUT2D eigenvalue weighted by molar-refractivity contribution is -0.143. The number of H-pyrrole nitrogens is 1. The molecule has 2 aliphatic rings. The van der Waals surface area contributed by atoms with Crippen LogP contribution >= 0.6 is 0 Å². The van der Waals surface area contributed by atoms with Gasteiger partial charge in [-0.3, -0.25) is 14.7 Å². The van der Waals surface area contributed by atoms with Crippen LogP contribution in [0.1, 0.15) is 55.4 Å². The van der Waals surface area contributed by atoms with Crippen molar-refractivity contribution in [2.75, 3.05) is 19.6 Å². The van der Waals surface area contributed by atoms with Crippen molar-refractivity contribution in [2.24, 2.45) is 5.92 Å². The second-order valence-corrected chi connectivity index (χ2v) is 8.16. The number of piperidine rings is 2. The topological polar surface area (TPSA) is 82.2 Å². The van der Waals surface area contributed by atoms with Crippen molar-refractivity contribution in [3.63, 3.8) is 0 Å². The minimum atomic E-state index is -0.135. The molecule has 154 valence electrons. The minimum absolute atomic E-state index is 0.0587. The van der Waals surface area contributed by atoms with E-state index in [0.717, 1.165) is 56.6 Å². The van der Waals surface area contributed by atoms with Crippen LogP contribution in [0.15, 0.2) is 30.3 Å². The van der Waals surface area contributed by atoms with Crippen LogP contribution in [0.2, 0.25) is 0 Å². The summed E-state index contributed by atoms with van der Waals surface area (Å²) in [6.45, 7) is 3.87. The monoisotopic (exact) mass is 395 g/mol. The smallest absolute Gasteiger partial charge is 0.228 e. The molecular formula is C22H29N5O2. The molecule has 3 heterocycles. The van der Waals surface area contributed by atoms with Gasteiger partial charge in [0.2, 0.25) is 11.8 Å². The standard InChI is InChI=1S/C22H29N5O2/c1-16-23-21(25-24-16)19-11-5-6-13-27(19)22(29)18-10-7-12-26(15-18)20(28)14-17-8-3-2-4-9-17/h2-4,8-9,18-19H,5-7,10-15H2,1H3,(H,23,24,25)/t18-,19-/m1/s1. The van der Waals surface area contributed by atoms with Gasteiger partial charge in [0.1, 0.15) is 5.82 Å². The van der Waals surface area contributed by atoms with E-state index in [0.29, 0.717) is 18.8 Å². The molecule has 0 unspecified atom stereocenters. The second kappa shape index (κ2) is 8.76. The van der Waals surface area contributed by atoms with Gasteiger partial charge in [0, 0.05) is 19.6 Å². The maximum atomic E-state index is 13.4. The lowest BCUT2D eigenvalue weighted by Crippen LogP contribution is -2.49. The highest BCUT2D eigenvalue weighted by Gasteiger charge is 2.36. The molecule has 2 atom stereocenters. The first-order chi connectivity index (χ1) is 14.1. The molecule has 29 heavy (non-hydrogen) atoms. The Bertz CT molecular complexity index is 850. The summed E-state index contributed by atoms with van der Waals surface area (Å²) in [4.78, 5) is 34.5. The van der Waals surface area contributed by atoms with Gasteiger partial charge in [-0.1, -0.05) is 30.3 Å². The maximum Gasteiger partial charge on any atom is 0.228 e. The number of hydrogen-bond donors (Lipinski definition) is 1. The van der Waals surface area contributed by atoms with E-state index >= 15 is 0 Å². The van der Waals surface area contributed by atoms with Gasteiger partial charge >= 0.3 is 0 Å². The number of nitrogens with one attached hydrogen (secondary N) is 1. The molecule has 4 rings (SSSR count). The highest BCUT2D eigenvalue weighted by molar-refractivity contribution is 5.82. The van der Waals surface area contributed by atoms with Crippen LogP contribution in [0.3, 0.4) is 0 Å². The van der Waals surface area contributed by atoms with Gasteiger partial charge in [0.05, 0.1) is 18.4 Å². The number of aromatic nitrogens is 3. The van der Waals surface area contributed by atoms with E-state index in [2.05, 4.69) is 15.2 Å². The molecule has 2 aliphatic heterocycles. The SMILES string of the molecule is Cc1nc([C@H]2CCCCN2C(=O)[C@@H]2CCCN(C(=O)Cc3ccccc3)C2)n[nH]1. The average molecular weight is 396 g/mol. The van der Waals surface area contributed by atoms with Crippen molar-refractivity contribution in [3.8, 4) is 0 Å². The number of amides is 2. The zero-order chi connectivity index (χ0) is 20.2. The fraction of sp³-hybridized carbons (Fsp3) is 0.545. The molecular weight excluding hydrogens is 366 g/mol. The Morgan fingerprint density at radius 2 is 1.93 bits per heavy atom. The summed E-state index contributed by atoms with van der Waals surface area (Å²) in [6.07, 6.45) is 5.08. The minimum Gasteiger partial charge on any atom is -0.342 e. The van der Waals surface area contributed by atoms with Crippen LogP contribution in [0.5, 0.6) is 0 Å². The van der Waals surface area contributed by atoms with Gasteiger partial charge in [-0.2, -0.15) is 5.10 Å². The average Bonchev–Trinajstić information content (AvgIpc) is 3.20. The van der Waals surface area contributed by atoms with Crippen LogP contribution in [0.25, 0.3) is 0 Å². The van der Waals surface area contributed by atoms with Crippen molar-refractivity contribution in [3.05, 3.63) is 47.5 Å². The van der Waals surface area contributed by atoms with Gasteiger partial charge < -0.3 is 9.80 Å². The third-order valence-corrected chi connectivity index (χ3v) is 6.02. The molecule has 2 aromatic rings. The van der Waals surface area contributed by atoms with Gasteiger partial charge in [-0.05, 0) is 44.6 Å². The zero-order valence-electron chi connectivity index (χ0n) is 17.0. The Balaban J connectivity index is 1.42. The van der Waals surface area contributed by atoms with Crippen molar-refractivity contribution in [1.29, 1.82) is 0 Å². The summed E-state index contributed by atoms with van der Waals surface area (Å²) in [6, 6.07) is 9.74. The van der Waals surface area contributed by atoms with Crippen molar-refractivity contribution in [1.82, 2.24) is 25.0 Å². The summed E-state index contributed by atoms with van der Waals surface area (Å²) < 4.78 is 0. The van der Waals surface area contributed by atoms with E-state index in [4.69, 9.17) is 0 Å². The van der Waals surface area contributed by atoms with Crippen LogP contribution in [-0.2, 0) is 16.0 Å². The van der Waals surface area contributed by atoms with E-state index in [-0.39, 0.29) is 23.8 Å². The summed E-state index contributed by atoms with van der Waals surface area (Å²) in [5.74, 6) is 1.60. The molecule has 0 bridgehead atoms. The van der Waals surface area contributed by atoms with E-state index in [1.807, 2.05) is 47.1 Å². The maximum absolute atomic E-state index is 13.4. The highest BCUT2D eigenvalue weighted by atomic mass is 16.2. The fourth-order valence-electron chi connectivity index (χ4n) is 4.49. The molecule has 7 nitrogen and oxygen atoms in total. The van der Waals surface area contributed by atoms with E-state index < -0.39 is 0 Å². The summed E-state index contributed by atoms with van der Waals surface area (Å²) in [5, 5.41) is 7.21. The molecule has 2 amide bonds. The lowest BCUT2D eigenvalue weighted by Gasteiger charge is -2.39. The Morgan fingerprint density at radius 3 is 2.69 bits per heavy atom. The normalized spacial score (nSPS) is 22.5. The van der Waals surface area contributed by atoms with Gasteiger partial charge in [-0.15, -0.1) is 0 Å².